The summed E-state index contributed by atoms with van der Waals surface area (Å²) >= 11 is 0. The van der Waals surface area contributed by atoms with Crippen LogP contribution in [0.3, 0.4) is 0 Å². The van der Waals surface area contributed by atoms with E-state index in [4.69, 9.17) is 9.84 Å². The van der Waals surface area contributed by atoms with E-state index in [-0.39, 0.29) is 29.1 Å². The maximum absolute atomic E-state index is 12.5. The van der Waals surface area contributed by atoms with Gasteiger partial charge in [0.2, 0.25) is 0 Å². The Morgan fingerprint density at radius 2 is 1.83 bits per heavy atom. The fourth-order valence-electron chi connectivity index (χ4n) is 2.36. The molecule has 2 rings (SSSR count). The number of hydrogen-bond acceptors (Lipinski definition) is 4. The summed E-state index contributed by atoms with van der Waals surface area (Å²) in [6, 6.07) is 10.0. The number of nitrogens with one attached hydrogen (secondary N) is 1. The molecule has 6 nitrogen and oxygen atoms in total. The van der Waals surface area contributed by atoms with E-state index in [2.05, 4.69) is 10.3 Å². The van der Waals surface area contributed by atoms with E-state index < -0.39 is 5.97 Å². The molecule has 0 bridgehead atoms. The number of carboxylic acids is 1. The molecule has 0 spiro atoms. The van der Waals surface area contributed by atoms with Gasteiger partial charge in [-0.1, -0.05) is 26.0 Å². The van der Waals surface area contributed by atoms with Crippen LogP contribution in [0.25, 0.3) is 0 Å². The number of benzene rings is 1. The molecule has 2 N–H and O–H groups in total. The molecule has 1 heterocycles. The lowest BCUT2D eigenvalue weighted by Gasteiger charge is -2.23. The van der Waals surface area contributed by atoms with Crippen molar-refractivity contribution < 1.29 is 19.4 Å². The Morgan fingerprint density at radius 3 is 2.38 bits per heavy atom. The van der Waals surface area contributed by atoms with Crippen molar-refractivity contribution in [3.05, 3.63) is 59.4 Å². The quantitative estimate of drug-likeness (QED) is 0.851. The second kappa shape index (κ2) is 7.59. The molecule has 0 saturated heterocycles. The minimum Gasteiger partial charge on any atom is -0.497 e. The molecule has 126 valence electrons. The van der Waals surface area contributed by atoms with Gasteiger partial charge in [0.1, 0.15) is 11.4 Å². The molecule has 24 heavy (non-hydrogen) atoms. The van der Waals surface area contributed by atoms with Gasteiger partial charge in [0.05, 0.1) is 13.2 Å². The highest BCUT2D eigenvalue weighted by Crippen LogP contribution is 2.24. The lowest BCUT2D eigenvalue weighted by molar-refractivity contribution is 0.0690. The Kier molecular flexibility index (Phi) is 5.52. The van der Waals surface area contributed by atoms with Gasteiger partial charge in [0, 0.05) is 11.8 Å². The molecule has 1 atom stereocenters. The fourth-order valence-corrected chi connectivity index (χ4v) is 2.36. The number of amides is 1. The maximum atomic E-state index is 12.5. The molecule has 1 unspecified atom stereocenters. The van der Waals surface area contributed by atoms with Gasteiger partial charge in [-0.3, -0.25) is 4.79 Å². The van der Waals surface area contributed by atoms with Gasteiger partial charge in [-0.2, -0.15) is 0 Å². The normalized spacial score (nSPS) is 11.8. The lowest BCUT2D eigenvalue weighted by atomic mass is 9.95. The van der Waals surface area contributed by atoms with Crippen molar-refractivity contribution in [1.29, 1.82) is 0 Å². The molecule has 1 amide bonds. The highest BCUT2D eigenvalue weighted by atomic mass is 16.5. The second-order valence-electron chi connectivity index (χ2n) is 5.70. The molecule has 0 aliphatic carbocycles. The van der Waals surface area contributed by atoms with Crippen LogP contribution in [0.5, 0.6) is 5.75 Å². The van der Waals surface area contributed by atoms with Gasteiger partial charge in [0.15, 0.2) is 0 Å². The number of carboxylic acid groups (broad SMARTS) is 1. The van der Waals surface area contributed by atoms with E-state index in [1.54, 1.807) is 7.11 Å². The topological polar surface area (TPSA) is 88.5 Å². The van der Waals surface area contributed by atoms with E-state index in [0.717, 1.165) is 11.3 Å². The number of nitrogens with zero attached hydrogens (tertiary/aromatic N) is 1. The monoisotopic (exact) mass is 328 g/mol. The van der Waals surface area contributed by atoms with E-state index in [9.17, 15) is 9.59 Å². The van der Waals surface area contributed by atoms with Crippen molar-refractivity contribution in [3.8, 4) is 5.75 Å². The van der Waals surface area contributed by atoms with Crippen molar-refractivity contribution >= 4 is 11.9 Å². The van der Waals surface area contributed by atoms with Crippen LogP contribution in [0, 0.1) is 5.92 Å². The van der Waals surface area contributed by atoms with Crippen LogP contribution in [-0.2, 0) is 0 Å². The van der Waals surface area contributed by atoms with E-state index in [0.29, 0.717) is 0 Å². The van der Waals surface area contributed by atoms with Gasteiger partial charge < -0.3 is 15.2 Å². The molecule has 2 aromatic rings. The number of methoxy groups -OCH3 is 1. The number of carbonyl (C=O) groups is 2. The standard InChI is InChI=1S/C18H20N2O4/c1-11(2)16(12-4-6-14(24-3)7-5-12)20-17(21)13-8-9-19-15(10-13)18(22)23/h4-11,16H,1-3H3,(H,20,21)(H,22,23). The molecule has 0 aliphatic rings. The highest BCUT2D eigenvalue weighted by molar-refractivity contribution is 5.96. The Bertz CT molecular complexity index is 726. The Labute approximate surface area is 140 Å². The van der Waals surface area contributed by atoms with Crippen molar-refractivity contribution in [1.82, 2.24) is 10.3 Å². The van der Waals surface area contributed by atoms with Crippen molar-refractivity contribution in [2.24, 2.45) is 5.92 Å². The summed E-state index contributed by atoms with van der Waals surface area (Å²) in [5, 5.41) is 11.9. The first-order valence-corrected chi connectivity index (χ1v) is 7.56. The third-order valence-electron chi connectivity index (χ3n) is 3.67. The molecule has 1 aromatic heterocycles. The smallest absolute Gasteiger partial charge is 0.354 e. The maximum Gasteiger partial charge on any atom is 0.354 e. The number of carbonyl (C=O) groups excluding carboxylic acids is 1. The average molecular weight is 328 g/mol. The SMILES string of the molecule is COc1ccc(C(NC(=O)c2ccnc(C(=O)O)c2)C(C)C)cc1. The van der Waals surface area contributed by atoms with Crippen LogP contribution in [-0.4, -0.2) is 29.1 Å². The van der Waals surface area contributed by atoms with Crippen LogP contribution in [0.4, 0.5) is 0 Å². The summed E-state index contributed by atoms with van der Waals surface area (Å²) in [5.74, 6) is -0.606. The Morgan fingerprint density at radius 1 is 1.17 bits per heavy atom. The van der Waals surface area contributed by atoms with Gasteiger partial charge in [-0.05, 0) is 35.7 Å². The molecule has 0 fully saturated rings. The van der Waals surface area contributed by atoms with Crippen LogP contribution in [0.2, 0.25) is 0 Å². The molecular formula is C18H20N2O4. The van der Waals surface area contributed by atoms with Crippen molar-refractivity contribution in [2.75, 3.05) is 7.11 Å². The zero-order valence-corrected chi connectivity index (χ0v) is 13.8. The van der Waals surface area contributed by atoms with Crippen molar-refractivity contribution in [3.63, 3.8) is 0 Å². The first-order valence-electron chi connectivity index (χ1n) is 7.56. The fraction of sp³-hybridized carbons (Fsp3) is 0.278. The summed E-state index contributed by atoms with van der Waals surface area (Å²) in [6.07, 6.45) is 1.32. The van der Waals surface area contributed by atoms with Crippen LogP contribution in [0.15, 0.2) is 42.6 Å². The summed E-state index contributed by atoms with van der Waals surface area (Å²) in [7, 11) is 1.60. The zero-order chi connectivity index (χ0) is 17.7. The van der Waals surface area contributed by atoms with E-state index in [1.165, 1.54) is 18.3 Å². The summed E-state index contributed by atoms with van der Waals surface area (Å²) < 4.78 is 5.15. The lowest BCUT2D eigenvalue weighted by Crippen LogP contribution is -2.31. The molecule has 0 radical (unpaired) electrons. The number of rotatable bonds is 6. The predicted molar refractivity (Wildman–Crippen MR) is 89.2 cm³/mol. The molecule has 0 saturated carbocycles. The van der Waals surface area contributed by atoms with Crippen LogP contribution >= 0.6 is 0 Å². The van der Waals surface area contributed by atoms with Gasteiger partial charge in [-0.15, -0.1) is 0 Å². The highest BCUT2D eigenvalue weighted by Gasteiger charge is 2.20. The third-order valence-corrected chi connectivity index (χ3v) is 3.67. The Balaban J connectivity index is 2.22. The van der Waals surface area contributed by atoms with E-state index >= 15 is 0 Å². The minimum atomic E-state index is -1.17. The van der Waals surface area contributed by atoms with Gasteiger partial charge in [-0.25, -0.2) is 9.78 Å². The number of pyridine rings is 1. The zero-order valence-electron chi connectivity index (χ0n) is 13.8. The minimum absolute atomic E-state index is 0.156. The molecule has 6 heteroatoms. The molecule has 1 aromatic carbocycles. The van der Waals surface area contributed by atoms with E-state index in [1.807, 2.05) is 38.1 Å². The van der Waals surface area contributed by atoms with Crippen LogP contribution < -0.4 is 10.1 Å². The Hall–Kier alpha value is -2.89. The third kappa shape index (κ3) is 4.10. The number of aromatic nitrogens is 1. The second-order valence-corrected chi connectivity index (χ2v) is 5.70. The van der Waals surface area contributed by atoms with Crippen LogP contribution in [0.1, 0.15) is 46.3 Å². The summed E-state index contributed by atoms with van der Waals surface area (Å²) in [6.45, 7) is 4.01. The molecule has 0 aliphatic heterocycles. The van der Waals surface area contributed by atoms with Gasteiger partial charge >= 0.3 is 5.97 Å². The summed E-state index contributed by atoms with van der Waals surface area (Å²) in [5.41, 5.74) is 1.06. The molecular weight excluding hydrogens is 308 g/mol. The first-order chi connectivity index (χ1) is 11.4. The van der Waals surface area contributed by atoms with Crippen molar-refractivity contribution in [2.45, 2.75) is 19.9 Å². The number of ether oxygens (including phenoxy) is 1. The summed E-state index contributed by atoms with van der Waals surface area (Å²) in [4.78, 5) is 27.2. The number of hydrogen-bond donors (Lipinski definition) is 2. The number of aromatic carboxylic acids is 1. The van der Waals surface area contributed by atoms with Gasteiger partial charge in [0.25, 0.3) is 5.91 Å². The predicted octanol–water partition coefficient (Wildman–Crippen LogP) is 2.92. The first kappa shape index (κ1) is 17.5. The average Bonchev–Trinajstić information content (AvgIpc) is 2.59. The largest absolute Gasteiger partial charge is 0.497 e.